The highest BCUT2D eigenvalue weighted by Crippen LogP contribution is 2.20. The summed E-state index contributed by atoms with van der Waals surface area (Å²) in [7, 11) is 3.19. The molecule has 0 fully saturated rings. The highest BCUT2D eigenvalue weighted by Gasteiger charge is 2.17. The van der Waals surface area contributed by atoms with E-state index in [-0.39, 0.29) is 5.91 Å². The molecule has 0 radical (unpaired) electrons. The summed E-state index contributed by atoms with van der Waals surface area (Å²) in [5.41, 5.74) is 0.715. The smallest absolute Gasteiger partial charge is 0.260 e. The first kappa shape index (κ1) is 12.1. The van der Waals surface area contributed by atoms with Crippen LogP contribution in [0.2, 0.25) is 0 Å². The van der Waals surface area contributed by atoms with Crippen LogP contribution in [0, 0.1) is 0 Å². The number of ether oxygens (including phenoxy) is 1. The zero-order valence-electron chi connectivity index (χ0n) is 8.41. The molecule has 0 N–H and O–H groups in total. The van der Waals surface area contributed by atoms with Crippen LogP contribution in [0.5, 0.6) is 5.75 Å². The van der Waals surface area contributed by atoms with E-state index in [9.17, 15) is 4.79 Å². The lowest BCUT2D eigenvalue weighted by atomic mass is 10.3. The number of methoxy groups -OCH3 is 1. The van der Waals surface area contributed by atoms with E-state index in [0.717, 1.165) is 5.75 Å². The van der Waals surface area contributed by atoms with Crippen molar-refractivity contribution >= 4 is 34.8 Å². The molecule has 0 aliphatic heterocycles. The number of hydrogen-bond donors (Lipinski definition) is 0. The van der Waals surface area contributed by atoms with Crippen LogP contribution in [0.1, 0.15) is 0 Å². The molecule has 0 aliphatic rings. The van der Waals surface area contributed by atoms with Crippen LogP contribution in [0.3, 0.4) is 0 Å². The number of rotatable bonds is 3. The van der Waals surface area contributed by atoms with Gasteiger partial charge in [0.2, 0.25) is 0 Å². The number of carbonyl (C=O) groups is 1. The van der Waals surface area contributed by atoms with Crippen LogP contribution in [-0.4, -0.2) is 24.9 Å². The summed E-state index contributed by atoms with van der Waals surface area (Å²) >= 11 is 11.0. The molecular weight excluding hydrogens is 237 g/mol. The fourth-order valence-electron chi connectivity index (χ4n) is 1.08. The molecule has 0 aromatic heterocycles. The molecule has 0 atom stereocenters. The monoisotopic (exact) mass is 247 g/mol. The second-order valence-corrected chi connectivity index (χ2v) is 3.99. The Kier molecular flexibility index (Phi) is 4.24. The first-order valence-corrected chi connectivity index (χ1v) is 5.13. The second kappa shape index (κ2) is 5.24. The Morgan fingerprint density at radius 2 is 1.87 bits per heavy atom. The van der Waals surface area contributed by atoms with E-state index >= 15 is 0 Å². The molecule has 0 spiro atoms. The highest BCUT2D eigenvalue weighted by molar-refractivity contribution is 6.54. The number of nitrogens with zero attached hydrogens (tertiary/aromatic N) is 1. The average Bonchev–Trinajstić information content (AvgIpc) is 2.27. The van der Waals surface area contributed by atoms with Gasteiger partial charge in [-0.15, -0.1) is 0 Å². The predicted molar refractivity (Wildman–Crippen MR) is 61.9 cm³/mol. The van der Waals surface area contributed by atoms with Gasteiger partial charge in [-0.25, -0.2) is 0 Å². The minimum atomic E-state index is -1.04. The second-order valence-electron chi connectivity index (χ2n) is 2.90. The van der Waals surface area contributed by atoms with Gasteiger partial charge >= 0.3 is 0 Å². The molecule has 0 unspecified atom stereocenters. The molecule has 0 saturated heterocycles. The van der Waals surface area contributed by atoms with Gasteiger partial charge in [-0.2, -0.15) is 0 Å². The molecule has 5 heteroatoms. The third kappa shape index (κ3) is 3.01. The van der Waals surface area contributed by atoms with Gasteiger partial charge < -0.3 is 9.64 Å². The van der Waals surface area contributed by atoms with Crippen molar-refractivity contribution in [3.05, 3.63) is 24.3 Å². The fourth-order valence-corrected chi connectivity index (χ4v) is 1.37. The van der Waals surface area contributed by atoms with Gasteiger partial charge in [0, 0.05) is 12.7 Å². The summed E-state index contributed by atoms with van der Waals surface area (Å²) < 4.78 is 5.00. The van der Waals surface area contributed by atoms with Gasteiger partial charge in [-0.1, -0.05) is 23.2 Å². The Bertz CT molecular complexity index is 338. The van der Waals surface area contributed by atoms with Gasteiger partial charge in [0.15, 0.2) is 4.84 Å². The molecule has 1 amide bonds. The van der Waals surface area contributed by atoms with E-state index in [1.807, 2.05) is 0 Å². The maximum atomic E-state index is 11.4. The number of amides is 1. The van der Waals surface area contributed by atoms with Crippen LogP contribution >= 0.6 is 23.2 Å². The van der Waals surface area contributed by atoms with Gasteiger partial charge in [0.25, 0.3) is 5.91 Å². The van der Waals surface area contributed by atoms with Crippen molar-refractivity contribution in [3.63, 3.8) is 0 Å². The summed E-state index contributed by atoms with van der Waals surface area (Å²) in [6.45, 7) is 0. The normalized spacial score (nSPS) is 10.2. The van der Waals surface area contributed by atoms with Crippen LogP contribution in [0.25, 0.3) is 0 Å². The predicted octanol–water partition coefficient (Wildman–Crippen LogP) is 2.46. The molecule has 0 saturated carbocycles. The summed E-state index contributed by atoms with van der Waals surface area (Å²) in [6.07, 6.45) is 0. The van der Waals surface area contributed by atoms with Crippen LogP contribution < -0.4 is 9.64 Å². The molecule has 15 heavy (non-hydrogen) atoms. The third-order valence-electron chi connectivity index (χ3n) is 1.98. The quantitative estimate of drug-likeness (QED) is 0.769. The van der Waals surface area contributed by atoms with Crippen molar-refractivity contribution in [3.8, 4) is 5.75 Å². The fraction of sp³-hybridized carbons (Fsp3) is 0.300. The minimum Gasteiger partial charge on any atom is -0.497 e. The van der Waals surface area contributed by atoms with E-state index in [1.165, 1.54) is 4.90 Å². The molecule has 0 aliphatic carbocycles. The largest absolute Gasteiger partial charge is 0.497 e. The van der Waals surface area contributed by atoms with Crippen LogP contribution in [0.4, 0.5) is 5.69 Å². The van der Waals surface area contributed by atoms with E-state index in [0.29, 0.717) is 5.69 Å². The highest BCUT2D eigenvalue weighted by atomic mass is 35.5. The molecular formula is C10H11Cl2NO2. The minimum absolute atomic E-state index is 0.358. The van der Waals surface area contributed by atoms with Crippen molar-refractivity contribution in [2.24, 2.45) is 0 Å². The molecule has 1 aromatic carbocycles. The van der Waals surface area contributed by atoms with Crippen LogP contribution in [-0.2, 0) is 4.79 Å². The molecule has 0 heterocycles. The van der Waals surface area contributed by atoms with Gasteiger partial charge in [0.1, 0.15) is 5.75 Å². The SMILES string of the molecule is COc1ccc(N(C)C(=O)C(Cl)Cl)cc1. The van der Waals surface area contributed by atoms with Crippen molar-refractivity contribution in [1.82, 2.24) is 0 Å². The number of anilines is 1. The lowest BCUT2D eigenvalue weighted by Crippen LogP contribution is -2.30. The standard InChI is InChI=1S/C10H11Cl2NO2/c1-13(10(14)9(11)12)7-3-5-8(15-2)6-4-7/h3-6,9H,1-2H3. The third-order valence-corrected chi connectivity index (χ3v) is 2.35. The Morgan fingerprint density at radius 3 is 2.27 bits per heavy atom. The molecule has 0 bridgehead atoms. The van der Waals surface area contributed by atoms with Gasteiger partial charge in [-0.05, 0) is 24.3 Å². The molecule has 1 rings (SSSR count). The summed E-state index contributed by atoms with van der Waals surface area (Å²) in [5, 5.41) is 0. The number of halogens is 2. The van der Waals surface area contributed by atoms with E-state index < -0.39 is 4.84 Å². The Hall–Kier alpha value is -0.930. The lowest BCUT2D eigenvalue weighted by Gasteiger charge is -2.17. The van der Waals surface area contributed by atoms with E-state index in [2.05, 4.69) is 0 Å². The van der Waals surface area contributed by atoms with Gasteiger partial charge in [-0.3, -0.25) is 4.79 Å². The summed E-state index contributed by atoms with van der Waals surface area (Å²) in [6, 6.07) is 7.03. The van der Waals surface area contributed by atoms with Crippen molar-refractivity contribution in [2.75, 3.05) is 19.1 Å². The van der Waals surface area contributed by atoms with Crippen molar-refractivity contribution in [2.45, 2.75) is 4.84 Å². The molecule has 1 aromatic rings. The number of carbonyl (C=O) groups excluding carboxylic acids is 1. The zero-order valence-corrected chi connectivity index (χ0v) is 9.92. The van der Waals surface area contributed by atoms with Crippen LogP contribution in [0.15, 0.2) is 24.3 Å². The first-order valence-electron chi connectivity index (χ1n) is 4.26. The zero-order chi connectivity index (χ0) is 11.4. The average molecular weight is 248 g/mol. The number of hydrogen-bond acceptors (Lipinski definition) is 2. The number of benzene rings is 1. The summed E-state index contributed by atoms with van der Waals surface area (Å²) in [4.78, 5) is 11.8. The van der Waals surface area contributed by atoms with Crippen molar-refractivity contribution in [1.29, 1.82) is 0 Å². The maximum absolute atomic E-state index is 11.4. The molecule has 3 nitrogen and oxygen atoms in total. The van der Waals surface area contributed by atoms with Crippen molar-refractivity contribution < 1.29 is 9.53 Å². The summed E-state index contributed by atoms with van der Waals surface area (Å²) in [5.74, 6) is 0.372. The Morgan fingerprint density at radius 1 is 1.33 bits per heavy atom. The van der Waals surface area contributed by atoms with E-state index in [1.54, 1.807) is 38.4 Å². The lowest BCUT2D eigenvalue weighted by molar-refractivity contribution is -0.116. The first-order chi connectivity index (χ1) is 7.06. The Labute approximate surface area is 98.5 Å². The topological polar surface area (TPSA) is 29.5 Å². The van der Waals surface area contributed by atoms with E-state index in [4.69, 9.17) is 27.9 Å². The van der Waals surface area contributed by atoms with Gasteiger partial charge in [0.05, 0.1) is 7.11 Å². The maximum Gasteiger partial charge on any atom is 0.260 e. The molecule has 82 valence electrons. The Balaban J connectivity index is 2.82. The number of alkyl halides is 2.